The van der Waals surface area contributed by atoms with Crippen LogP contribution in [0.1, 0.15) is 39.9 Å². The van der Waals surface area contributed by atoms with Crippen LogP contribution in [-0.4, -0.2) is 41.1 Å². The first-order chi connectivity index (χ1) is 14.4. The Morgan fingerprint density at radius 3 is 2.17 bits per heavy atom. The fourth-order valence-electron chi connectivity index (χ4n) is 5.74. The second kappa shape index (κ2) is 6.88. The van der Waals surface area contributed by atoms with E-state index in [0.717, 1.165) is 36.1 Å². The highest BCUT2D eigenvalue weighted by atomic mass is 16.2. The summed E-state index contributed by atoms with van der Waals surface area (Å²) in [5.74, 6) is -1.45. The molecule has 0 unspecified atom stereocenters. The first-order valence-corrected chi connectivity index (χ1v) is 10.7. The zero-order valence-electron chi connectivity index (χ0n) is 17.6. The quantitative estimate of drug-likeness (QED) is 0.583. The molecule has 3 saturated heterocycles. The summed E-state index contributed by atoms with van der Waals surface area (Å²) in [6.45, 7) is 6.68. The first-order valence-electron chi connectivity index (χ1n) is 10.7. The highest BCUT2D eigenvalue weighted by Crippen LogP contribution is 2.48. The summed E-state index contributed by atoms with van der Waals surface area (Å²) >= 11 is 0. The summed E-state index contributed by atoms with van der Waals surface area (Å²) in [7, 11) is 0. The third-order valence-electron chi connectivity index (χ3n) is 6.92. The number of hydrogen-bond donors (Lipinski definition) is 0. The van der Waals surface area contributed by atoms with Gasteiger partial charge in [0, 0.05) is 11.6 Å². The minimum Gasteiger partial charge on any atom is -0.292 e. The predicted molar refractivity (Wildman–Crippen MR) is 114 cm³/mol. The van der Waals surface area contributed by atoms with Crippen LogP contribution in [0.4, 0.5) is 5.69 Å². The molecule has 154 valence electrons. The third-order valence-corrected chi connectivity index (χ3v) is 6.92. The number of carbonyl (C=O) groups excluding carboxylic acids is 3. The molecule has 0 radical (unpaired) electrons. The van der Waals surface area contributed by atoms with Gasteiger partial charge in [-0.1, -0.05) is 35.9 Å². The topological polar surface area (TPSA) is 57.7 Å². The number of carbonyl (C=O) groups is 3. The SMILES string of the molecule is Cc1ccc(C(=O)[C@@H]2[C@H]3C(=O)N(c4cc(C)cc(C)c4)C(=O)[C@@H]3[C@H]3CCCN32)cc1. The van der Waals surface area contributed by atoms with Crippen molar-refractivity contribution >= 4 is 23.3 Å². The van der Waals surface area contributed by atoms with Gasteiger partial charge in [-0.15, -0.1) is 0 Å². The van der Waals surface area contributed by atoms with Gasteiger partial charge in [0.15, 0.2) is 5.78 Å². The van der Waals surface area contributed by atoms with E-state index in [2.05, 4.69) is 4.90 Å². The lowest BCUT2D eigenvalue weighted by Crippen LogP contribution is -2.46. The van der Waals surface area contributed by atoms with Gasteiger partial charge in [0.25, 0.3) is 0 Å². The van der Waals surface area contributed by atoms with Crippen molar-refractivity contribution in [2.24, 2.45) is 11.8 Å². The molecular formula is C25H26N2O3. The maximum Gasteiger partial charge on any atom is 0.239 e. The van der Waals surface area contributed by atoms with Crippen LogP contribution in [0.15, 0.2) is 42.5 Å². The largest absolute Gasteiger partial charge is 0.292 e. The normalized spacial score (nSPS) is 28.2. The van der Waals surface area contributed by atoms with Gasteiger partial charge in [-0.05, 0) is 63.4 Å². The van der Waals surface area contributed by atoms with Crippen LogP contribution in [0.2, 0.25) is 0 Å². The number of hydrogen-bond acceptors (Lipinski definition) is 4. The molecule has 2 aromatic rings. The molecule has 3 heterocycles. The van der Waals surface area contributed by atoms with Crippen molar-refractivity contribution in [1.29, 1.82) is 0 Å². The monoisotopic (exact) mass is 402 g/mol. The summed E-state index contributed by atoms with van der Waals surface area (Å²) in [5, 5.41) is 0. The molecule has 30 heavy (non-hydrogen) atoms. The Kier molecular flexibility index (Phi) is 4.40. The lowest BCUT2D eigenvalue weighted by Gasteiger charge is -2.27. The predicted octanol–water partition coefficient (Wildman–Crippen LogP) is 3.45. The number of Topliss-reactive ketones (excluding diaryl/α,β-unsaturated/α-hetero) is 1. The summed E-state index contributed by atoms with van der Waals surface area (Å²) in [6, 6.07) is 12.7. The Labute approximate surface area is 176 Å². The lowest BCUT2D eigenvalue weighted by molar-refractivity contribution is -0.123. The molecule has 4 atom stereocenters. The van der Waals surface area contributed by atoms with Gasteiger partial charge in [-0.3, -0.25) is 19.3 Å². The highest BCUT2D eigenvalue weighted by Gasteiger charge is 2.64. The molecule has 0 aromatic heterocycles. The van der Waals surface area contributed by atoms with Crippen molar-refractivity contribution in [3.8, 4) is 0 Å². The van der Waals surface area contributed by atoms with Gasteiger partial charge < -0.3 is 0 Å². The minimum absolute atomic E-state index is 0.0262. The summed E-state index contributed by atoms with van der Waals surface area (Å²) in [5.41, 5.74) is 4.35. The zero-order chi connectivity index (χ0) is 21.2. The van der Waals surface area contributed by atoms with Crippen LogP contribution >= 0.6 is 0 Å². The molecule has 3 aliphatic rings. The number of amides is 2. The lowest BCUT2D eigenvalue weighted by atomic mass is 9.85. The highest BCUT2D eigenvalue weighted by molar-refractivity contribution is 6.24. The van der Waals surface area contributed by atoms with Crippen LogP contribution in [0.25, 0.3) is 0 Å². The number of ketones is 1. The first kappa shape index (κ1) is 19.2. The average Bonchev–Trinajstić information content (AvgIpc) is 3.33. The van der Waals surface area contributed by atoms with E-state index < -0.39 is 17.9 Å². The van der Waals surface area contributed by atoms with Crippen LogP contribution in [0.3, 0.4) is 0 Å². The molecule has 5 nitrogen and oxygen atoms in total. The Morgan fingerprint density at radius 2 is 1.50 bits per heavy atom. The molecule has 0 aliphatic carbocycles. The van der Waals surface area contributed by atoms with Crippen LogP contribution < -0.4 is 4.90 Å². The second-order valence-corrected chi connectivity index (χ2v) is 9.03. The van der Waals surface area contributed by atoms with Crippen molar-refractivity contribution < 1.29 is 14.4 Å². The number of imide groups is 1. The molecule has 0 saturated carbocycles. The summed E-state index contributed by atoms with van der Waals surface area (Å²) in [6.07, 6.45) is 1.81. The van der Waals surface area contributed by atoms with Crippen LogP contribution in [0, 0.1) is 32.6 Å². The maximum atomic E-state index is 13.6. The average molecular weight is 402 g/mol. The van der Waals surface area contributed by atoms with Gasteiger partial charge in [0.2, 0.25) is 11.8 Å². The second-order valence-electron chi connectivity index (χ2n) is 9.03. The Balaban J connectivity index is 1.56. The smallest absolute Gasteiger partial charge is 0.239 e. The molecule has 2 amide bonds. The van der Waals surface area contributed by atoms with Crippen molar-refractivity contribution in [3.05, 3.63) is 64.7 Å². The summed E-state index contributed by atoms with van der Waals surface area (Å²) < 4.78 is 0. The maximum absolute atomic E-state index is 13.6. The van der Waals surface area contributed by atoms with Crippen LogP contribution in [0.5, 0.6) is 0 Å². The number of rotatable bonds is 3. The molecule has 0 N–H and O–H groups in total. The molecule has 5 rings (SSSR count). The van der Waals surface area contributed by atoms with Crippen molar-refractivity contribution in [3.63, 3.8) is 0 Å². The van der Waals surface area contributed by atoms with E-state index >= 15 is 0 Å². The van der Waals surface area contributed by atoms with E-state index in [0.29, 0.717) is 11.3 Å². The molecular weight excluding hydrogens is 376 g/mol. The Hall–Kier alpha value is -2.79. The van der Waals surface area contributed by atoms with Gasteiger partial charge >= 0.3 is 0 Å². The van der Waals surface area contributed by atoms with Crippen molar-refractivity contribution in [1.82, 2.24) is 4.90 Å². The van der Waals surface area contributed by atoms with E-state index in [1.54, 1.807) is 0 Å². The molecule has 0 spiro atoms. The summed E-state index contributed by atoms with van der Waals surface area (Å²) in [4.78, 5) is 44.1. The standard InChI is InChI=1S/C25H26N2O3/c1-14-6-8-17(9-7-14)23(28)22-21-20(19-5-4-10-26(19)22)24(29)27(25(21)30)18-12-15(2)11-16(3)13-18/h6-9,11-13,19-22H,4-5,10H2,1-3H3/t19-,20-,21+,22+/m1/s1. The van der Waals surface area contributed by atoms with E-state index in [-0.39, 0.29) is 23.6 Å². The number of benzene rings is 2. The molecule has 0 bridgehead atoms. The van der Waals surface area contributed by atoms with Crippen molar-refractivity contribution in [2.75, 3.05) is 11.4 Å². The zero-order valence-corrected chi connectivity index (χ0v) is 17.6. The molecule has 3 aliphatic heterocycles. The van der Waals surface area contributed by atoms with Crippen LogP contribution in [-0.2, 0) is 9.59 Å². The number of aryl methyl sites for hydroxylation is 3. The van der Waals surface area contributed by atoms with Gasteiger partial charge in [0.05, 0.1) is 23.6 Å². The van der Waals surface area contributed by atoms with Gasteiger partial charge in [0.1, 0.15) is 0 Å². The number of nitrogens with zero attached hydrogens (tertiary/aromatic N) is 2. The van der Waals surface area contributed by atoms with E-state index in [1.807, 2.05) is 63.2 Å². The fourth-order valence-corrected chi connectivity index (χ4v) is 5.74. The fraction of sp³-hybridized carbons (Fsp3) is 0.400. The van der Waals surface area contributed by atoms with Gasteiger partial charge in [-0.2, -0.15) is 0 Å². The van der Waals surface area contributed by atoms with Gasteiger partial charge in [-0.25, -0.2) is 4.90 Å². The number of fused-ring (bicyclic) bond motifs is 3. The Morgan fingerprint density at radius 1 is 0.867 bits per heavy atom. The van der Waals surface area contributed by atoms with Crippen molar-refractivity contribution in [2.45, 2.75) is 45.7 Å². The third kappa shape index (κ3) is 2.76. The molecule has 3 fully saturated rings. The van der Waals surface area contributed by atoms with E-state index in [1.165, 1.54) is 4.90 Å². The molecule has 5 heteroatoms. The number of anilines is 1. The van der Waals surface area contributed by atoms with E-state index in [9.17, 15) is 14.4 Å². The minimum atomic E-state index is -0.600. The Bertz CT molecular complexity index is 1040. The van der Waals surface area contributed by atoms with E-state index in [4.69, 9.17) is 0 Å². The molecule has 2 aromatic carbocycles.